The van der Waals surface area contributed by atoms with Gasteiger partial charge in [0.2, 0.25) is 5.91 Å². The van der Waals surface area contributed by atoms with Crippen molar-refractivity contribution in [2.45, 2.75) is 62.8 Å². The summed E-state index contributed by atoms with van der Waals surface area (Å²) >= 11 is 0. The van der Waals surface area contributed by atoms with Crippen LogP contribution in [0.3, 0.4) is 0 Å². The number of amides is 1. The number of piperidine rings is 1. The molecule has 16 heteroatoms. The maximum Gasteiger partial charge on any atom is 0.277 e. The van der Waals surface area contributed by atoms with Crippen LogP contribution < -0.4 is 25.3 Å². The highest BCUT2D eigenvalue weighted by Crippen LogP contribution is 2.42. The van der Waals surface area contributed by atoms with Crippen LogP contribution in [0.25, 0.3) is 0 Å². The molecule has 284 valence electrons. The van der Waals surface area contributed by atoms with E-state index in [9.17, 15) is 26.7 Å². The maximum atomic E-state index is 14.1. The highest BCUT2D eigenvalue weighted by molar-refractivity contribution is 6.02. The number of carbonyl (C=O) groups is 1. The van der Waals surface area contributed by atoms with Crippen LogP contribution in [0.4, 0.5) is 50.6 Å². The highest BCUT2D eigenvalue weighted by Gasteiger charge is 2.35. The van der Waals surface area contributed by atoms with Gasteiger partial charge in [0.05, 0.1) is 29.7 Å². The summed E-state index contributed by atoms with van der Waals surface area (Å²) in [6.45, 7) is 7.86. The minimum Gasteiger partial charge on any atom is -0.479 e. The summed E-state index contributed by atoms with van der Waals surface area (Å²) in [6.07, 6.45) is 1.93. The number of hydrogen-bond donors (Lipinski definition) is 2. The van der Waals surface area contributed by atoms with Crippen molar-refractivity contribution in [1.82, 2.24) is 19.8 Å². The van der Waals surface area contributed by atoms with E-state index in [0.29, 0.717) is 42.5 Å². The number of nitrogens with zero attached hydrogens (tertiary/aromatic N) is 6. The lowest BCUT2D eigenvalue weighted by Gasteiger charge is -2.43. The van der Waals surface area contributed by atoms with Crippen molar-refractivity contribution in [2.75, 3.05) is 73.1 Å². The number of hydrogen-bond acceptors (Lipinski definition) is 10. The third-order valence-corrected chi connectivity index (χ3v) is 10.3. The average molecular weight is 743 g/mol. The Balaban J connectivity index is 1.15. The molecule has 3 aromatic rings. The molecule has 4 heterocycles. The van der Waals surface area contributed by atoms with Crippen molar-refractivity contribution in [2.24, 2.45) is 0 Å². The lowest BCUT2D eigenvalue weighted by molar-refractivity contribution is -0.111. The fourth-order valence-corrected chi connectivity index (χ4v) is 7.44. The van der Waals surface area contributed by atoms with E-state index in [0.717, 1.165) is 57.2 Å². The van der Waals surface area contributed by atoms with Gasteiger partial charge in [-0.05, 0) is 55.5 Å². The number of alkyl halides is 3. The Labute approximate surface area is 304 Å². The molecule has 1 aromatic heterocycles. The van der Waals surface area contributed by atoms with Crippen LogP contribution in [-0.2, 0) is 9.63 Å². The van der Waals surface area contributed by atoms with Gasteiger partial charge >= 0.3 is 0 Å². The van der Waals surface area contributed by atoms with Gasteiger partial charge in [-0.3, -0.25) is 19.4 Å². The number of piperazine rings is 1. The normalized spacial score (nSPS) is 20.8. The Morgan fingerprint density at radius 3 is 2.21 bits per heavy atom. The van der Waals surface area contributed by atoms with Gasteiger partial charge in [0, 0.05) is 76.0 Å². The molecule has 3 saturated heterocycles. The molecule has 0 radical (unpaired) electrons. The number of ether oxygens (including phenoxy) is 1. The van der Waals surface area contributed by atoms with Gasteiger partial charge in [0.15, 0.2) is 11.9 Å². The molecular weight excluding hydrogens is 699 g/mol. The molecule has 53 heavy (non-hydrogen) atoms. The standard InChI is InChI=1S/C37H43F5N8O3/c1-2-36(51)46-28-18-29(45-34-20-35(44-22-43-34)50-30(7-14-52-50)23-15-24(39)17-25(40)16-23)32(53-33(21-38)37(41)42)19-31(28)49-8-5-27(6-9-49)48-12-10-47(11-13-48)26-3-4-26/h2,15-20,22,26-27,30,33,37H,1,3-14,21H2,(H,46,51)(H,43,44,45). The predicted octanol–water partition coefficient (Wildman–Crippen LogP) is 6.24. The van der Waals surface area contributed by atoms with E-state index in [2.05, 4.69) is 41.9 Å². The Bertz CT molecular complexity index is 1750. The molecule has 1 amide bonds. The summed E-state index contributed by atoms with van der Waals surface area (Å²) in [5.74, 6) is -1.60. The number of hydroxylamine groups is 1. The predicted molar refractivity (Wildman–Crippen MR) is 191 cm³/mol. The van der Waals surface area contributed by atoms with Crippen molar-refractivity contribution in [3.63, 3.8) is 0 Å². The molecule has 0 spiro atoms. The Kier molecular flexibility index (Phi) is 11.3. The minimum atomic E-state index is -3.12. The van der Waals surface area contributed by atoms with E-state index in [1.54, 1.807) is 0 Å². The second-order valence-electron chi connectivity index (χ2n) is 13.8. The molecular formula is C37H43F5N8O3. The van der Waals surface area contributed by atoms with Gasteiger partial charge in [0.25, 0.3) is 6.43 Å². The molecule has 4 aliphatic rings. The first kappa shape index (κ1) is 36.8. The fourth-order valence-electron chi connectivity index (χ4n) is 7.44. The first-order chi connectivity index (χ1) is 25.7. The second-order valence-corrected chi connectivity index (χ2v) is 13.8. The SMILES string of the molecule is C=CC(=O)Nc1cc(Nc2cc(N3OCCC3c3cc(F)cc(F)c3)ncn2)c(OC(CF)C(F)F)cc1N1CCC(N2CCN(C3CC3)CC2)CC1. The highest BCUT2D eigenvalue weighted by atomic mass is 19.3. The Morgan fingerprint density at radius 1 is 0.906 bits per heavy atom. The van der Waals surface area contributed by atoms with E-state index in [1.165, 1.54) is 54.6 Å². The lowest BCUT2D eigenvalue weighted by Crippen LogP contribution is -2.53. The van der Waals surface area contributed by atoms with E-state index in [4.69, 9.17) is 9.57 Å². The number of benzene rings is 2. The number of rotatable bonds is 13. The third-order valence-electron chi connectivity index (χ3n) is 10.3. The Hall–Kier alpha value is -4.54. The van der Waals surface area contributed by atoms with Gasteiger partial charge in [-0.2, -0.15) is 0 Å². The first-order valence-electron chi connectivity index (χ1n) is 18.0. The first-order valence-corrected chi connectivity index (χ1v) is 18.0. The van der Waals surface area contributed by atoms with Crippen molar-refractivity contribution >= 4 is 34.6 Å². The molecule has 0 bridgehead atoms. The van der Waals surface area contributed by atoms with Crippen molar-refractivity contribution in [3.8, 4) is 5.75 Å². The number of carbonyl (C=O) groups excluding carboxylic acids is 1. The molecule has 2 unspecified atom stereocenters. The zero-order chi connectivity index (χ0) is 37.1. The fraction of sp³-hybridized carbons (Fsp3) is 0.486. The molecule has 2 aromatic carbocycles. The topological polar surface area (TPSA) is 98.3 Å². The number of anilines is 5. The third kappa shape index (κ3) is 8.65. The van der Waals surface area contributed by atoms with Crippen molar-refractivity contribution in [3.05, 3.63) is 72.6 Å². The number of nitrogens with one attached hydrogen (secondary N) is 2. The molecule has 4 fully saturated rings. The van der Waals surface area contributed by atoms with Crippen LogP contribution in [0.5, 0.6) is 5.75 Å². The zero-order valence-electron chi connectivity index (χ0n) is 29.2. The number of aromatic nitrogens is 2. The largest absolute Gasteiger partial charge is 0.479 e. The van der Waals surface area contributed by atoms with Crippen LogP contribution in [0.15, 0.2) is 55.4 Å². The van der Waals surface area contributed by atoms with Gasteiger partial charge in [-0.1, -0.05) is 6.58 Å². The van der Waals surface area contributed by atoms with Crippen LogP contribution in [0, 0.1) is 11.6 Å². The Morgan fingerprint density at radius 2 is 1.58 bits per heavy atom. The quantitative estimate of drug-likeness (QED) is 0.155. The lowest BCUT2D eigenvalue weighted by atomic mass is 10.0. The summed E-state index contributed by atoms with van der Waals surface area (Å²) in [7, 11) is 0. The van der Waals surface area contributed by atoms with E-state index in [1.807, 2.05) is 0 Å². The number of halogens is 5. The van der Waals surface area contributed by atoms with E-state index >= 15 is 0 Å². The van der Waals surface area contributed by atoms with Crippen LogP contribution >= 0.6 is 0 Å². The van der Waals surface area contributed by atoms with Gasteiger partial charge in [0.1, 0.15) is 36.2 Å². The molecule has 11 nitrogen and oxygen atoms in total. The summed E-state index contributed by atoms with van der Waals surface area (Å²) in [6, 6.07) is 8.39. The molecule has 7 rings (SSSR count). The van der Waals surface area contributed by atoms with Crippen LogP contribution in [0.1, 0.15) is 43.7 Å². The van der Waals surface area contributed by atoms with E-state index < -0.39 is 42.8 Å². The van der Waals surface area contributed by atoms with E-state index in [-0.39, 0.29) is 29.7 Å². The molecule has 2 N–H and O–H groups in total. The monoisotopic (exact) mass is 742 g/mol. The second kappa shape index (κ2) is 16.2. The van der Waals surface area contributed by atoms with Gasteiger partial charge in [-0.15, -0.1) is 0 Å². The average Bonchev–Trinajstić information content (AvgIpc) is 3.89. The summed E-state index contributed by atoms with van der Waals surface area (Å²) < 4.78 is 75.4. The van der Waals surface area contributed by atoms with Gasteiger partial charge < -0.3 is 20.3 Å². The summed E-state index contributed by atoms with van der Waals surface area (Å²) in [5, 5.41) is 7.31. The molecule has 2 atom stereocenters. The minimum absolute atomic E-state index is 0.0800. The van der Waals surface area contributed by atoms with Crippen LogP contribution in [0.2, 0.25) is 0 Å². The van der Waals surface area contributed by atoms with Crippen molar-refractivity contribution < 1.29 is 36.3 Å². The summed E-state index contributed by atoms with van der Waals surface area (Å²) in [5.41, 5.74) is 1.36. The molecule has 1 aliphatic carbocycles. The maximum absolute atomic E-state index is 14.1. The molecule has 1 saturated carbocycles. The van der Waals surface area contributed by atoms with Gasteiger partial charge in [-0.25, -0.2) is 37.0 Å². The molecule has 3 aliphatic heterocycles. The van der Waals surface area contributed by atoms with Crippen molar-refractivity contribution in [1.29, 1.82) is 0 Å². The smallest absolute Gasteiger partial charge is 0.277 e. The van der Waals surface area contributed by atoms with Crippen LogP contribution in [-0.4, -0.2) is 103 Å². The summed E-state index contributed by atoms with van der Waals surface area (Å²) in [4.78, 5) is 34.2. The zero-order valence-corrected chi connectivity index (χ0v) is 29.2.